The lowest BCUT2D eigenvalue weighted by atomic mass is 9.95. The molecule has 3 heterocycles. The molecule has 0 saturated carbocycles. The summed E-state index contributed by atoms with van der Waals surface area (Å²) in [5.41, 5.74) is 2.87. The smallest absolute Gasteiger partial charge is 0.293 e. The molecule has 1 saturated heterocycles. The maximum absolute atomic E-state index is 13.4. The van der Waals surface area contributed by atoms with Crippen molar-refractivity contribution >= 4 is 18.2 Å². The van der Waals surface area contributed by atoms with Crippen LogP contribution in [-0.4, -0.2) is 40.2 Å². The van der Waals surface area contributed by atoms with E-state index in [1.54, 1.807) is 25.6 Å². The first-order chi connectivity index (χ1) is 16.0. The third-order valence-electron chi connectivity index (χ3n) is 6.00. The van der Waals surface area contributed by atoms with Crippen LogP contribution in [0.1, 0.15) is 29.7 Å². The van der Waals surface area contributed by atoms with Crippen LogP contribution in [0, 0.1) is 12.7 Å². The highest BCUT2D eigenvalue weighted by atomic mass is 19.1. The van der Waals surface area contributed by atoms with Crippen molar-refractivity contribution in [1.29, 1.82) is 0 Å². The molecule has 1 aromatic heterocycles. The van der Waals surface area contributed by atoms with Gasteiger partial charge in [-0.05, 0) is 73.4 Å². The average Bonchev–Trinajstić information content (AvgIpc) is 3.44. The Morgan fingerprint density at radius 2 is 2.03 bits per heavy atom. The molecule has 0 bridgehead atoms. The fourth-order valence-corrected chi connectivity index (χ4v) is 4.35. The van der Waals surface area contributed by atoms with Gasteiger partial charge in [0.2, 0.25) is 0 Å². The number of imidazole rings is 1. The molecule has 0 N–H and O–H groups in total. The molecule has 2 aliphatic heterocycles. The number of aromatic nitrogens is 2. The van der Waals surface area contributed by atoms with Gasteiger partial charge in [0.15, 0.2) is 12.1 Å². The summed E-state index contributed by atoms with van der Waals surface area (Å²) in [4.78, 5) is 24.0. The van der Waals surface area contributed by atoms with Crippen LogP contribution in [0.4, 0.5) is 4.39 Å². The number of benzene rings is 2. The Balaban J connectivity index is 1.48. The summed E-state index contributed by atoms with van der Waals surface area (Å²) in [6.07, 6.45) is 8.07. The summed E-state index contributed by atoms with van der Waals surface area (Å²) >= 11 is 0. The maximum Gasteiger partial charge on any atom is 0.293 e. The van der Waals surface area contributed by atoms with Gasteiger partial charge in [0, 0.05) is 18.3 Å². The Morgan fingerprint density at radius 3 is 2.73 bits per heavy atom. The molecular weight excluding hydrogens is 423 g/mol. The summed E-state index contributed by atoms with van der Waals surface area (Å²) in [6.45, 7) is 2.54. The van der Waals surface area contributed by atoms with E-state index < -0.39 is 5.72 Å². The second-order valence-corrected chi connectivity index (χ2v) is 8.11. The predicted molar refractivity (Wildman–Crippen MR) is 121 cm³/mol. The number of aldehydes is 1. The highest BCUT2D eigenvalue weighted by Crippen LogP contribution is 2.39. The Bertz CT molecular complexity index is 1260. The number of piperidine rings is 1. The van der Waals surface area contributed by atoms with Gasteiger partial charge in [0.1, 0.15) is 11.6 Å². The van der Waals surface area contributed by atoms with Crippen LogP contribution in [0.2, 0.25) is 0 Å². The van der Waals surface area contributed by atoms with E-state index in [-0.39, 0.29) is 5.82 Å². The standard InChI is InChI=1S/C25H23FN4O3/c1-17-14-29(16-27-17)22-10-5-18(13-23(22)32-2)12-19-4-3-11-30-24(19)28-33-25(30,15-31)20-6-8-21(26)9-7-20/h5-10,12-16H,3-4,11H2,1-2H3. The van der Waals surface area contributed by atoms with Crippen molar-refractivity contribution < 1.29 is 18.8 Å². The number of oxime groups is 1. The molecule has 33 heavy (non-hydrogen) atoms. The number of carbonyl (C=O) groups is 1. The monoisotopic (exact) mass is 446 g/mol. The largest absolute Gasteiger partial charge is 0.495 e. The first-order valence-electron chi connectivity index (χ1n) is 10.7. The number of ether oxygens (including phenoxy) is 1. The molecule has 0 radical (unpaired) electrons. The van der Waals surface area contributed by atoms with Gasteiger partial charge in [-0.25, -0.2) is 9.37 Å². The number of amidine groups is 1. The Labute approximate surface area is 190 Å². The average molecular weight is 446 g/mol. The Hall–Kier alpha value is -3.94. The fraction of sp³-hybridized carbons (Fsp3) is 0.240. The Kier molecular flexibility index (Phi) is 5.20. The summed E-state index contributed by atoms with van der Waals surface area (Å²) in [5.74, 6) is 0.958. The van der Waals surface area contributed by atoms with Crippen LogP contribution in [0.5, 0.6) is 5.75 Å². The van der Waals surface area contributed by atoms with Gasteiger partial charge in [-0.1, -0.05) is 11.2 Å². The minimum atomic E-state index is -1.39. The first kappa shape index (κ1) is 20.9. The van der Waals surface area contributed by atoms with Crippen LogP contribution in [-0.2, 0) is 15.4 Å². The summed E-state index contributed by atoms with van der Waals surface area (Å²) in [7, 11) is 1.64. The third kappa shape index (κ3) is 3.57. The van der Waals surface area contributed by atoms with E-state index in [0.717, 1.165) is 41.6 Å². The van der Waals surface area contributed by atoms with Crippen LogP contribution in [0.25, 0.3) is 11.8 Å². The highest BCUT2D eigenvalue weighted by molar-refractivity contribution is 6.05. The zero-order valence-electron chi connectivity index (χ0n) is 18.4. The molecule has 168 valence electrons. The van der Waals surface area contributed by atoms with Gasteiger partial charge in [-0.15, -0.1) is 0 Å². The zero-order chi connectivity index (χ0) is 23.0. The number of hydrogen-bond donors (Lipinski definition) is 0. The maximum atomic E-state index is 13.4. The van der Waals surface area contributed by atoms with E-state index in [9.17, 15) is 9.18 Å². The molecule has 0 amide bonds. The minimum Gasteiger partial charge on any atom is -0.495 e. The van der Waals surface area contributed by atoms with Crippen molar-refractivity contribution in [3.63, 3.8) is 0 Å². The van der Waals surface area contributed by atoms with E-state index in [0.29, 0.717) is 23.7 Å². The third-order valence-corrected chi connectivity index (χ3v) is 6.00. The predicted octanol–water partition coefficient (Wildman–Crippen LogP) is 4.20. The van der Waals surface area contributed by atoms with Crippen molar-refractivity contribution in [2.75, 3.05) is 13.7 Å². The number of hydrogen-bond acceptors (Lipinski definition) is 6. The lowest BCUT2D eigenvalue weighted by Crippen LogP contribution is -2.50. The number of aryl methyl sites for hydroxylation is 1. The van der Waals surface area contributed by atoms with Gasteiger partial charge in [-0.3, -0.25) is 4.79 Å². The molecule has 7 nitrogen and oxygen atoms in total. The lowest BCUT2D eigenvalue weighted by Gasteiger charge is -2.36. The highest BCUT2D eigenvalue weighted by Gasteiger charge is 2.49. The summed E-state index contributed by atoms with van der Waals surface area (Å²) < 4.78 is 21.0. The molecule has 2 aliphatic rings. The second-order valence-electron chi connectivity index (χ2n) is 8.11. The van der Waals surface area contributed by atoms with E-state index in [1.165, 1.54) is 12.1 Å². The van der Waals surface area contributed by atoms with Crippen LogP contribution < -0.4 is 4.74 Å². The number of rotatable bonds is 5. The molecule has 2 aromatic carbocycles. The van der Waals surface area contributed by atoms with Crippen molar-refractivity contribution in [2.45, 2.75) is 25.5 Å². The van der Waals surface area contributed by atoms with E-state index >= 15 is 0 Å². The van der Waals surface area contributed by atoms with Crippen LogP contribution >= 0.6 is 0 Å². The van der Waals surface area contributed by atoms with Crippen molar-refractivity contribution in [3.05, 3.63) is 83.2 Å². The van der Waals surface area contributed by atoms with Gasteiger partial charge < -0.3 is 19.0 Å². The number of halogens is 1. The van der Waals surface area contributed by atoms with Gasteiger partial charge in [-0.2, -0.15) is 0 Å². The summed E-state index contributed by atoms with van der Waals surface area (Å²) in [5, 5.41) is 4.27. The van der Waals surface area contributed by atoms with E-state index in [2.05, 4.69) is 10.1 Å². The van der Waals surface area contributed by atoms with E-state index in [4.69, 9.17) is 9.57 Å². The van der Waals surface area contributed by atoms with Crippen LogP contribution in [0.15, 0.2) is 65.7 Å². The molecule has 0 spiro atoms. The zero-order valence-corrected chi connectivity index (χ0v) is 18.4. The fourth-order valence-electron chi connectivity index (χ4n) is 4.35. The molecule has 5 rings (SSSR count). The Morgan fingerprint density at radius 1 is 1.21 bits per heavy atom. The molecule has 1 fully saturated rings. The normalized spacial score (nSPS) is 20.9. The summed E-state index contributed by atoms with van der Waals surface area (Å²) in [6, 6.07) is 11.7. The van der Waals surface area contributed by atoms with Crippen molar-refractivity contribution in [2.24, 2.45) is 5.16 Å². The quantitative estimate of drug-likeness (QED) is 0.550. The molecule has 8 heteroatoms. The van der Waals surface area contributed by atoms with Gasteiger partial charge >= 0.3 is 0 Å². The number of carbonyl (C=O) groups excluding carboxylic acids is 1. The number of nitrogens with zero attached hydrogens (tertiary/aromatic N) is 4. The van der Waals surface area contributed by atoms with Gasteiger partial charge in [0.05, 0.1) is 24.8 Å². The molecule has 3 aromatic rings. The SMILES string of the molecule is COc1cc(C=C2CCCN3C2=NOC3(C=O)c2ccc(F)cc2)ccc1-n1cnc(C)c1. The van der Waals surface area contributed by atoms with Gasteiger partial charge in [0.25, 0.3) is 5.72 Å². The minimum absolute atomic E-state index is 0.374. The van der Waals surface area contributed by atoms with Crippen molar-refractivity contribution in [1.82, 2.24) is 14.5 Å². The topological polar surface area (TPSA) is 69.0 Å². The molecular formula is C25H23FN4O3. The van der Waals surface area contributed by atoms with Crippen LogP contribution in [0.3, 0.4) is 0 Å². The lowest BCUT2D eigenvalue weighted by molar-refractivity contribution is -0.147. The van der Waals surface area contributed by atoms with E-state index in [1.807, 2.05) is 46.9 Å². The number of fused-ring (bicyclic) bond motifs is 1. The first-order valence-corrected chi connectivity index (χ1v) is 10.7. The van der Waals surface area contributed by atoms with Crippen molar-refractivity contribution in [3.8, 4) is 11.4 Å². The molecule has 1 unspecified atom stereocenters. The molecule has 1 atom stereocenters. The molecule has 0 aliphatic carbocycles. The second kappa shape index (κ2) is 8.20. The number of methoxy groups -OCH3 is 1.